The van der Waals surface area contributed by atoms with Crippen molar-refractivity contribution < 1.29 is 61.7 Å². The van der Waals surface area contributed by atoms with Crippen LogP contribution < -0.4 is 0 Å². The number of amides is 1. The normalized spacial score (nSPS) is 12.0. The molecule has 14 nitrogen and oxygen atoms in total. The number of benzene rings is 2. The predicted octanol–water partition coefficient (Wildman–Crippen LogP) is 4.14. The van der Waals surface area contributed by atoms with Crippen LogP contribution in [-0.2, 0) is 56.9 Å². The molecule has 1 aliphatic carbocycles. The Labute approximate surface area is 319 Å². The second-order valence-corrected chi connectivity index (χ2v) is 12.2. The fourth-order valence-corrected chi connectivity index (χ4v) is 5.17. The molecule has 14 heteroatoms. The lowest BCUT2D eigenvalue weighted by Crippen LogP contribution is -2.32. The minimum Gasteiger partial charge on any atom is -0.460 e. The minimum absolute atomic E-state index is 0.0350. The Morgan fingerprint density at radius 3 is 1.22 bits per heavy atom. The van der Waals surface area contributed by atoms with Crippen molar-refractivity contribution in [2.45, 2.75) is 12.8 Å². The highest BCUT2D eigenvalue weighted by molar-refractivity contribution is 5.86. The van der Waals surface area contributed by atoms with Crippen LogP contribution in [0.5, 0.6) is 0 Å². The Kier molecular flexibility index (Phi) is 24.1. The summed E-state index contributed by atoms with van der Waals surface area (Å²) in [6.45, 7) is 14.1. The molecule has 0 unspecified atom stereocenters. The van der Waals surface area contributed by atoms with Crippen molar-refractivity contribution in [2.75, 3.05) is 146 Å². The lowest BCUT2D eigenvalue weighted by atomic mass is 9.98. The highest BCUT2D eigenvalue weighted by Gasteiger charge is 2.29. The van der Waals surface area contributed by atoms with Crippen molar-refractivity contribution in [1.82, 2.24) is 4.90 Å². The van der Waals surface area contributed by atoms with E-state index in [4.69, 9.17) is 52.1 Å². The highest BCUT2D eigenvalue weighted by Crippen LogP contribution is 2.44. The van der Waals surface area contributed by atoms with Gasteiger partial charge in [0.1, 0.15) is 13.2 Å². The number of fused-ring (bicyclic) bond motifs is 3. The molecule has 0 bridgehead atoms. The molecule has 0 aromatic heterocycles. The third-order valence-electron chi connectivity index (χ3n) is 8.00. The molecule has 2 aromatic carbocycles. The first-order valence-corrected chi connectivity index (χ1v) is 18.6. The minimum atomic E-state index is -0.417. The first-order chi connectivity index (χ1) is 26.5. The maximum absolute atomic E-state index is 12.6. The van der Waals surface area contributed by atoms with E-state index in [2.05, 4.69) is 30.8 Å². The summed E-state index contributed by atoms with van der Waals surface area (Å²) in [4.78, 5) is 25.3. The number of hydrogen-bond donors (Lipinski definition) is 0. The molecule has 0 aliphatic heterocycles. The molecule has 0 spiro atoms. The lowest BCUT2D eigenvalue weighted by Gasteiger charge is -2.19. The molecule has 0 radical (unpaired) electrons. The van der Waals surface area contributed by atoms with Crippen LogP contribution in [0, 0.1) is 0 Å². The second-order valence-electron chi connectivity index (χ2n) is 12.2. The van der Waals surface area contributed by atoms with E-state index in [1.807, 2.05) is 24.3 Å². The number of rotatable bonds is 33. The summed E-state index contributed by atoms with van der Waals surface area (Å²) in [7, 11) is 1.71. The monoisotopic (exact) mass is 761 g/mol. The average molecular weight is 762 g/mol. The molecular formula is C40H59NO13. The van der Waals surface area contributed by atoms with Crippen LogP contribution in [0.15, 0.2) is 60.7 Å². The van der Waals surface area contributed by atoms with Crippen molar-refractivity contribution in [3.63, 3.8) is 0 Å². The topological polar surface area (TPSA) is 139 Å². The molecule has 3 rings (SSSR count). The number of nitrogens with zero attached hydrogens (tertiary/aromatic N) is 1. The van der Waals surface area contributed by atoms with E-state index in [1.165, 1.54) is 27.2 Å². The second kappa shape index (κ2) is 28.9. The van der Waals surface area contributed by atoms with E-state index >= 15 is 0 Å². The van der Waals surface area contributed by atoms with Crippen molar-refractivity contribution in [3.05, 3.63) is 71.8 Å². The van der Waals surface area contributed by atoms with Gasteiger partial charge in [-0.3, -0.25) is 0 Å². The van der Waals surface area contributed by atoms with Crippen LogP contribution in [0.3, 0.4) is 0 Å². The first-order valence-electron chi connectivity index (χ1n) is 18.6. The summed E-state index contributed by atoms with van der Waals surface area (Å²) >= 11 is 0. The van der Waals surface area contributed by atoms with Crippen LogP contribution in [0.4, 0.5) is 4.79 Å². The predicted molar refractivity (Wildman–Crippen MR) is 201 cm³/mol. The van der Waals surface area contributed by atoms with Gasteiger partial charge in [0.25, 0.3) is 0 Å². The maximum atomic E-state index is 12.6. The van der Waals surface area contributed by atoms with Gasteiger partial charge in [0.2, 0.25) is 0 Å². The van der Waals surface area contributed by atoms with Gasteiger partial charge in [-0.2, -0.15) is 0 Å². The van der Waals surface area contributed by atoms with Crippen LogP contribution in [0.25, 0.3) is 11.1 Å². The quantitative estimate of drug-likeness (QED) is 0.0586. The molecular weight excluding hydrogens is 702 g/mol. The van der Waals surface area contributed by atoms with Gasteiger partial charge in [-0.05, 0) is 29.2 Å². The highest BCUT2D eigenvalue weighted by atomic mass is 16.6. The molecule has 0 saturated carbocycles. The number of hydrogen-bond acceptors (Lipinski definition) is 13. The molecule has 302 valence electrons. The summed E-state index contributed by atoms with van der Waals surface area (Å²) in [6.07, 6.45) is -0.368. The van der Waals surface area contributed by atoms with Crippen LogP contribution in [0.1, 0.15) is 24.0 Å². The summed E-state index contributed by atoms with van der Waals surface area (Å²) in [6, 6.07) is 16.6. The fraction of sp³-hybridized carbons (Fsp3) is 0.600. The van der Waals surface area contributed by atoms with Crippen LogP contribution in [-0.4, -0.2) is 163 Å². The van der Waals surface area contributed by atoms with Crippen molar-refractivity contribution >= 4 is 12.1 Å². The third kappa shape index (κ3) is 18.7. The van der Waals surface area contributed by atoms with Gasteiger partial charge in [-0.1, -0.05) is 55.1 Å². The van der Waals surface area contributed by atoms with Gasteiger partial charge in [0.05, 0.1) is 119 Å². The van der Waals surface area contributed by atoms with E-state index in [0.717, 1.165) is 0 Å². The Morgan fingerprint density at radius 2 is 0.852 bits per heavy atom. The standard InChI is InChI=1S/C40H59NO13/c1-33(2)39(42)53-31-30-52-29-28-51-27-26-50-25-24-49-23-22-48-21-20-47-19-18-46-17-16-45-15-14-44-13-12-41(3)40(43)54-32-38-36-10-6-4-8-34(36)35-9-5-7-11-37(35)38/h4-11,38H,1,12-32H2,2-3H3. The van der Waals surface area contributed by atoms with Crippen LogP contribution in [0.2, 0.25) is 0 Å². The fourth-order valence-electron chi connectivity index (χ4n) is 5.17. The van der Waals surface area contributed by atoms with Gasteiger partial charge in [-0.15, -0.1) is 0 Å². The number of ether oxygens (including phenoxy) is 11. The first kappa shape index (κ1) is 45.0. The van der Waals surface area contributed by atoms with Crippen molar-refractivity contribution in [1.29, 1.82) is 0 Å². The van der Waals surface area contributed by atoms with Gasteiger partial charge < -0.3 is 57.0 Å². The van der Waals surface area contributed by atoms with E-state index in [0.29, 0.717) is 138 Å². The smallest absolute Gasteiger partial charge is 0.409 e. The van der Waals surface area contributed by atoms with Crippen molar-refractivity contribution in [3.8, 4) is 11.1 Å². The number of carbonyl (C=O) groups excluding carboxylic acids is 2. The zero-order chi connectivity index (χ0) is 38.5. The molecule has 1 aliphatic rings. The Balaban J connectivity index is 0.982. The Bertz CT molecular complexity index is 1280. The van der Waals surface area contributed by atoms with Crippen molar-refractivity contribution in [2.24, 2.45) is 0 Å². The summed E-state index contributed by atoms with van der Waals surface area (Å²) in [5, 5.41) is 0. The zero-order valence-corrected chi connectivity index (χ0v) is 32.0. The molecule has 0 heterocycles. The molecule has 2 aromatic rings. The number of likely N-dealkylation sites (N-methyl/N-ethyl adjacent to an activating group) is 1. The van der Waals surface area contributed by atoms with Gasteiger partial charge in [0, 0.05) is 25.1 Å². The molecule has 0 atom stereocenters. The van der Waals surface area contributed by atoms with E-state index in [9.17, 15) is 9.59 Å². The SMILES string of the molecule is C=C(C)C(=O)OCCOCCOCCOCCOCCOCCOCCOCCOCCOCCN(C)C(=O)OCC1c2ccccc2-c2ccccc21. The van der Waals surface area contributed by atoms with E-state index in [1.54, 1.807) is 14.0 Å². The lowest BCUT2D eigenvalue weighted by molar-refractivity contribution is -0.140. The molecule has 0 fully saturated rings. The van der Waals surface area contributed by atoms with Gasteiger partial charge in [0.15, 0.2) is 0 Å². The zero-order valence-electron chi connectivity index (χ0n) is 32.0. The largest absolute Gasteiger partial charge is 0.460 e. The van der Waals surface area contributed by atoms with E-state index in [-0.39, 0.29) is 18.6 Å². The summed E-state index contributed by atoms with van der Waals surface area (Å²) < 4.78 is 59.9. The van der Waals surface area contributed by atoms with E-state index < -0.39 is 5.97 Å². The molecule has 54 heavy (non-hydrogen) atoms. The maximum Gasteiger partial charge on any atom is 0.409 e. The Morgan fingerprint density at radius 1 is 0.519 bits per heavy atom. The third-order valence-corrected chi connectivity index (χ3v) is 8.00. The summed E-state index contributed by atoms with van der Waals surface area (Å²) in [5.41, 5.74) is 5.15. The van der Waals surface area contributed by atoms with Gasteiger partial charge >= 0.3 is 12.1 Å². The number of esters is 1. The molecule has 0 N–H and O–H groups in total. The van der Waals surface area contributed by atoms with Crippen LogP contribution >= 0.6 is 0 Å². The molecule has 1 amide bonds. The molecule has 0 saturated heterocycles. The number of carbonyl (C=O) groups is 2. The Hall–Kier alpha value is -3.44. The van der Waals surface area contributed by atoms with Gasteiger partial charge in [-0.25, -0.2) is 9.59 Å². The average Bonchev–Trinajstić information content (AvgIpc) is 3.50. The summed E-state index contributed by atoms with van der Waals surface area (Å²) in [5.74, 6) is -0.382.